The van der Waals surface area contributed by atoms with Gasteiger partial charge in [0, 0.05) is 0 Å². The smallest absolute Gasteiger partial charge is 0.0981 e. The third kappa shape index (κ3) is 8.18. The van der Waals surface area contributed by atoms with Gasteiger partial charge in [-0.15, -0.1) is 0 Å². The van der Waals surface area contributed by atoms with Crippen molar-refractivity contribution in [2.24, 2.45) is 17.8 Å². The quantitative estimate of drug-likeness (QED) is 0.271. The van der Waals surface area contributed by atoms with Gasteiger partial charge in [-0.2, -0.15) is 0 Å². The zero-order valence-electron chi connectivity index (χ0n) is 17.2. The van der Waals surface area contributed by atoms with E-state index in [-0.39, 0.29) is 0 Å². The van der Waals surface area contributed by atoms with E-state index in [1.165, 1.54) is 96.3 Å². The van der Waals surface area contributed by atoms with E-state index in [2.05, 4.69) is 19.9 Å². The monoisotopic (exact) mass is 348 g/mol. The second kappa shape index (κ2) is 12.8. The summed E-state index contributed by atoms with van der Waals surface area (Å²) in [6.45, 7) is 4.53. The molecule has 2 atom stereocenters. The first-order valence-electron chi connectivity index (χ1n) is 11.6. The Morgan fingerprint density at radius 3 is 2.36 bits per heavy atom. The Hall–Kier alpha value is -0.460. The van der Waals surface area contributed by atoms with Crippen molar-refractivity contribution in [3.05, 3.63) is 12.3 Å². The maximum absolute atomic E-state index is 6.03. The molecule has 0 saturated heterocycles. The van der Waals surface area contributed by atoms with Crippen LogP contribution in [0.2, 0.25) is 0 Å². The summed E-state index contributed by atoms with van der Waals surface area (Å²) >= 11 is 0. The minimum Gasteiger partial charge on any atom is -0.498 e. The molecule has 0 N–H and O–H groups in total. The number of hydrogen-bond acceptors (Lipinski definition) is 1. The van der Waals surface area contributed by atoms with Crippen LogP contribution in [-0.2, 0) is 4.74 Å². The summed E-state index contributed by atoms with van der Waals surface area (Å²) in [5.41, 5.74) is 0. The Kier molecular flexibility index (Phi) is 10.7. The number of allylic oxidation sites excluding steroid dienone is 1. The molecule has 0 unspecified atom stereocenters. The Labute approximate surface area is 158 Å². The van der Waals surface area contributed by atoms with Crippen LogP contribution in [0.4, 0.5) is 0 Å². The molecule has 2 rings (SSSR count). The molecule has 2 fully saturated rings. The van der Waals surface area contributed by atoms with E-state index >= 15 is 0 Å². The summed E-state index contributed by atoms with van der Waals surface area (Å²) in [6.07, 6.45) is 27.3. The maximum atomic E-state index is 6.03. The maximum Gasteiger partial charge on any atom is 0.0981 e. The Morgan fingerprint density at radius 1 is 0.800 bits per heavy atom. The lowest BCUT2D eigenvalue weighted by molar-refractivity contribution is 0.0510. The SMILES string of the molecule is CCC/C=C/O[C@@H]1CCC[C@@H](C2CCC(CCCCCCC)CC2)C1. The van der Waals surface area contributed by atoms with E-state index in [0.29, 0.717) is 6.10 Å². The molecular weight excluding hydrogens is 304 g/mol. The molecule has 0 aromatic heterocycles. The largest absolute Gasteiger partial charge is 0.498 e. The number of ether oxygens (including phenoxy) is 1. The van der Waals surface area contributed by atoms with Gasteiger partial charge in [0.2, 0.25) is 0 Å². The van der Waals surface area contributed by atoms with Crippen LogP contribution in [0.3, 0.4) is 0 Å². The Morgan fingerprint density at radius 2 is 1.60 bits per heavy atom. The zero-order chi connectivity index (χ0) is 17.7. The fourth-order valence-corrected chi connectivity index (χ4v) is 5.12. The van der Waals surface area contributed by atoms with Crippen molar-refractivity contribution in [3.8, 4) is 0 Å². The van der Waals surface area contributed by atoms with Crippen LogP contribution in [0.1, 0.15) is 117 Å². The lowest BCUT2D eigenvalue weighted by Gasteiger charge is -2.38. The van der Waals surface area contributed by atoms with Crippen LogP contribution in [0.15, 0.2) is 12.3 Å². The Balaban J connectivity index is 1.61. The van der Waals surface area contributed by atoms with Crippen LogP contribution in [-0.4, -0.2) is 6.10 Å². The second-order valence-electron chi connectivity index (χ2n) is 8.83. The van der Waals surface area contributed by atoms with Crippen LogP contribution >= 0.6 is 0 Å². The highest BCUT2D eigenvalue weighted by Gasteiger charge is 2.31. The molecule has 0 aliphatic heterocycles. The summed E-state index contributed by atoms with van der Waals surface area (Å²) in [4.78, 5) is 0. The van der Waals surface area contributed by atoms with Gasteiger partial charge < -0.3 is 4.74 Å². The first-order valence-corrected chi connectivity index (χ1v) is 11.6. The molecule has 1 nitrogen and oxygen atoms in total. The molecule has 1 heteroatoms. The molecule has 2 aliphatic rings. The average molecular weight is 349 g/mol. The highest BCUT2D eigenvalue weighted by atomic mass is 16.5. The van der Waals surface area contributed by atoms with Gasteiger partial charge in [0.15, 0.2) is 0 Å². The van der Waals surface area contributed by atoms with E-state index < -0.39 is 0 Å². The molecule has 0 heterocycles. The van der Waals surface area contributed by atoms with Crippen molar-refractivity contribution >= 4 is 0 Å². The second-order valence-corrected chi connectivity index (χ2v) is 8.83. The van der Waals surface area contributed by atoms with Crippen LogP contribution < -0.4 is 0 Å². The fraction of sp³-hybridized carbons (Fsp3) is 0.917. The van der Waals surface area contributed by atoms with Crippen molar-refractivity contribution < 1.29 is 4.74 Å². The van der Waals surface area contributed by atoms with Gasteiger partial charge in [0.25, 0.3) is 0 Å². The lowest BCUT2D eigenvalue weighted by atomic mass is 9.70. The third-order valence-corrected chi connectivity index (χ3v) is 6.76. The summed E-state index contributed by atoms with van der Waals surface area (Å²) in [5.74, 6) is 3.00. The summed E-state index contributed by atoms with van der Waals surface area (Å²) in [5, 5.41) is 0. The highest BCUT2D eigenvalue weighted by Crippen LogP contribution is 2.41. The van der Waals surface area contributed by atoms with Crippen molar-refractivity contribution in [2.75, 3.05) is 0 Å². The molecule has 0 aromatic carbocycles. The van der Waals surface area contributed by atoms with Crippen molar-refractivity contribution in [2.45, 2.75) is 123 Å². The standard InChI is InChI=1S/C24H44O/c1-3-5-7-8-9-12-21-15-17-22(18-16-21)23-13-11-14-24(20-23)25-19-10-6-4-2/h10,19,21-24H,3-9,11-18,20H2,1-2H3/b19-10+/t21?,22?,23-,24-/m1/s1. The van der Waals surface area contributed by atoms with E-state index in [1.807, 2.05) is 6.26 Å². The predicted octanol–water partition coefficient (Wildman–Crippen LogP) is 8.04. The van der Waals surface area contributed by atoms with Gasteiger partial charge in [-0.25, -0.2) is 0 Å². The minimum atomic E-state index is 0.503. The van der Waals surface area contributed by atoms with Crippen LogP contribution in [0.25, 0.3) is 0 Å². The van der Waals surface area contributed by atoms with E-state index in [1.54, 1.807) is 0 Å². The summed E-state index contributed by atoms with van der Waals surface area (Å²) in [6, 6.07) is 0. The summed E-state index contributed by atoms with van der Waals surface area (Å²) < 4.78 is 6.03. The first kappa shape index (κ1) is 20.8. The number of rotatable bonds is 11. The van der Waals surface area contributed by atoms with Crippen molar-refractivity contribution in [1.29, 1.82) is 0 Å². The molecule has 0 bridgehead atoms. The van der Waals surface area contributed by atoms with E-state index in [0.717, 1.165) is 24.2 Å². The Bertz CT molecular complexity index is 340. The van der Waals surface area contributed by atoms with Crippen LogP contribution in [0.5, 0.6) is 0 Å². The minimum absolute atomic E-state index is 0.503. The van der Waals surface area contributed by atoms with E-state index in [4.69, 9.17) is 4.74 Å². The summed E-state index contributed by atoms with van der Waals surface area (Å²) in [7, 11) is 0. The van der Waals surface area contributed by atoms with Crippen molar-refractivity contribution in [1.82, 2.24) is 0 Å². The van der Waals surface area contributed by atoms with E-state index in [9.17, 15) is 0 Å². The molecule has 0 radical (unpaired) electrons. The zero-order valence-corrected chi connectivity index (χ0v) is 17.2. The number of unbranched alkanes of at least 4 members (excludes halogenated alkanes) is 5. The van der Waals surface area contributed by atoms with Gasteiger partial charge in [-0.3, -0.25) is 0 Å². The molecule has 146 valence electrons. The molecule has 0 spiro atoms. The van der Waals surface area contributed by atoms with Crippen LogP contribution in [0, 0.1) is 17.8 Å². The van der Waals surface area contributed by atoms with Gasteiger partial charge in [0.05, 0.1) is 12.4 Å². The molecular formula is C24H44O. The van der Waals surface area contributed by atoms with Gasteiger partial charge in [-0.05, 0) is 68.8 Å². The molecule has 0 amide bonds. The molecule has 2 saturated carbocycles. The lowest BCUT2D eigenvalue weighted by Crippen LogP contribution is -2.29. The van der Waals surface area contributed by atoms with Crippen molar-refractivity contribution in [3.63, 3.8) is 0 Å². The topological polar surface area (TPSA) is 9.23 Å². The fourth-order valence-electron chi connectivity index (χ4n) is 5.12. The predicted molar refractivity (Wildman–Crippen MR) is 110 cm³/mol. The average Bonchev–Trinajstić information content (AvgIpc) is 2.66. The number of hydrogen-bond donors (Lipinski definition) is 0. The third-order valence-electron chi connectivity index (χ3n) is 6.76. The molecule has 2 aliphatic carbocycles. The van der Waals surface area contributed by atoms with Gasteiger partial charge in [0.1, 0.15) is 0 Å². The van der Waals surface area contributed by atoms with Gasteiger partial charge >= 0.3 is 0 Å². The molecule has 0 aromatic rings. The normalized spacial score (nSPS) is 30.6. The highest BCUT2D eigenvalue weighted by molar-refractivity contribution is 4.84. The first-order chi connectivity index (χ1) is 12.3. The van der Waals surface area contributed by atoms with Gasteiger partial charge in [-0.1, -0.05) is 71.6 Å². The molecule has 25 heavy (non-hydrogen) atoms.